The van der Waals surface area contributed by atoms with Crippen LogP contribution in [0.3, 0.4) is 0 Å². The molecular weight excluding hydrogens is 178 g/mol. The van der Waals surface area contributed by atoms with E-state index in [0.717, 1.165) is 45.4 Å². The molecule has 2 rings (SSSR count). The van der Waals surface area contributed by atoms with Gasteiger partial charge >= 0.3 is 0 Å². The van der Waals surface area contributed by atoms with Crippen molar-refractivity contribution in [1.82, 2.24) is 4.90 Å². The van der Waals surface area contributed by atoms with Gasteiger partial charge in [-0.25, -0.2) is 0 Å². The molecule has 0 aromatic carbocycles. The molecule has 2 unspecified atom stereocenters. The Bertz CT molecular complexity index is 205. The van der Waals surface area contributed by atoms with E-state index in [1.807, 2.05) is 4.90 Å². The number of likely N-dealkylation sites (tertiary alicyclic amines) is 1. The van der Waals surface area contributed by atoms with Crippen molar-refractivity contribution >= 4 is 5.91 Å². The van der Waals surface area contributed by atoms with Crippen LogP contribution in [0.25, 0.3) is 0 Å². The molecule has 2 fully saturated rings. The molecular formula is C11H19NO2. The van der Waals surface area contributed by atoms with Gasteiger partial charge in [-0.05, 0) is 31.6 Å². The van der Waals surface area contributed by atoms with Crippen LogP contribution in [0.15, 0.2) is 0 Å². The molecule has 2 aliphatic rings. The zero-order valence-electron chi connectivity index (χ0n) is 8.87. The van der Waals surface area contributed by atoms with Crippen LogP contribution in [-0.4, -0.2) is 36.6 Å². The molecule has 2 saturated heterocycles. The predicted molar refractivity (Wildman–Crippen MR) is 54.0 cm³/mol. The molecule has 0 radical (unpaired) electrons. The van der Waals surface area contributed by atoms with Gasteiger partial charge in [-0.2, -0.15) is 0 Å². The van der Waals surface area contributed by atoms with E-state index in [-0.39, 0.29) is 12.0 Å². The van der Waals surface area contributed by atoms with Crippen LogP contribution >= 0.6 is 0 Å². The molecule has 0 saturated carbocycles. The summed E-state index contributed by atoms with van der Waals surface area (Å²) in [6, 6.07) is 0. The third kappa shape index (κ3) is 2.08. The summed E-state index contributed by atoms with van der Waals surface area (Å²) in [6.45, 7) is 4.83. The predicted octanol–water partition coefficient (Wildman–Crippen LogP) is 1.42. The second-order valence-corrected chi connectivity index (χ2v) is 4.53. The van der Waals surface area contributed by atoms with Gasteiger partial charge in [-0.3, -0.25) is 4.79 Å². The average Bonchev–Trinajstić information content (AvgIpc) is 2.65. The van der Waals surface area contributed by atoms with Crippen molar-refractivity contribution in [3.63, 3.8) is 0 Å². The van der Waals surface area contributed by atoms with Gasteiger partial charge in [-0.1, -0.05) is 6.92 Å². The van der Waals surface area contributed by atoms with Crippen molar-refractivity contribution in [3.05, 3.63) is 0 Å². The molecule has 3 heteroatoms. The van der Waals surface area contributed by atoms with E-state index in [1.54, 1.807) is 0 Å². The highest BCUT2D eigenvalue weighted by Gasteiger charge is 2.30. The summed E-state index contributed by atoms with van der Waals surface area (Å²) < 4.78 is 5.50. The van der Waals surface area contributed by atoms with E-state index in [2.05, 4.69) is 6.92 Å². The number of carbonyl (C=O) groups excluding carboxylic acids is 1. The summed E-state index contributed by atoms with van der Waals surface area (Å²) in [5, 5.41) is 0. The van der Waals surface area contributed by atoms with Crippen molar-refractivity contribution in [2.24, 2.45) is 5.92 Å². The zero-order valence-corrected chi connectivity index (χ0v) is 8.87. The molecule has 0 aromatic rings. The van der Waals surface area contributed by atoms with Gasteiger partial charge in [-0.15, -0.1) is 0 Å². The zero-order chi connectivity index (χ0) is 9.97. The number of amides is 1. The fourth-order valence-corrected chi connectivity index (χ4v) is 2.27. The highest BCUT2D eigenvalue weighted by molar-refractivity contribution is 5.81. The monoisotopic (exact) mass is 197 g/mol. The lowest BCUT2D eigenvalue weighted by Gasteiger charge is -2.26. The van der Waals surface area contributed by atoms with Crippen LogP contribution in [0, 0.1) is 5.92 Å². The van der Waals surface area contributed by atoms with E-state index in [1.165, 1.54) is 0 Å². The molecule has 2 aliphatic heterocycles. The lowest BCUT2D eigenvalue weighted by Crippen LogP contribution is -2.40. The standard InChI is InChI=1S/C11H19NO2/c1-9-5-6-12(8-9)11(13)10-4-2-3-7-14-10/h9-10H,2-8H2,1H3. The Balaban J connectivity index is 1.87. The third-order valence-electron chi connectivity index (χ3n) is 3.19. The number of rotatable bonds is 1. The number of hydrogen-bond acceptors (Lipinski definition) is 2. The van der Waals surface area contributed by atoms with Crippen molar-refractivity contribution in [3.8, 4) is 0 Å². The summed E-state index contributed by atoms with van der Waals surface area (Å²) in [4.78, 5) is 13.9. The number of hydrogen-bond donors (Lipinski definition) is 0. The number of ether oxygens (including phenoxy) is 1. The fourth-order valence-electron chi connectivity index (χ4n) is 2.27. The minimum Gasteiger partial charge on any atom is -0.368 e. The number of nitrogens with zero attached hydrogens (tertiary/aromatic N) is 1. The Morgan fingerprint density at radius 2 is 2.21 bits per heavy atom. The van der Waals surface area contributed by atoms with Crippen LogP contribution in [0.5, 0.6) is 0 Å². The van der Waals surface area contributed by atoms with Crippen LogP contribution in [0.4, 0.5) is 0 Å². The van der Waals surface area contributed by atoms with E-state index < -0.39 is 0 Å². The van der Waals surface area contributed by atoms with Gasteiger partial charge in [0.15, 0.2) is 0 Å². The number of carbonyl (C=O) groups is 1. The maximum atomic E-state index is 11.9. The van der Waals surface area contributed by atoms with Gasteiger partial charge in [0, 0.05) is 19.7 Å². The molecule has 3 nitrogen and oxygen atoms in total. The summed E-state index contributed by atoms with van der Waals surface area (Å²) in [6.07, 6.45) is 4.19. The van der Waals surface area contributed by atoms with Gasteiger partial charge < -0.3 is 9.64 Å². The maximum Gasteiger partial charge on any atom is 0.251 e. The van der Waals surface area contributed by atoms with Crippen LogP contribution in [-0.2, 0) is 9.53 Å². The summed E-state index contributed by atoms with van der Waals surface area (Å²) in [5.41, 5.74) is 0. The molecule has 0 N–H and O–H groups in total. The van der Waals surface area contributed by atoms with Crippen molar-refractivity contribution in [2.75, 3.05) is 19.7 Å². The van der Waals surface area contributed by atoms with Gasteiger partial charge in [0.2, 0.25) is 0 Å². The SMILES string of the molecule is CC1CCN(C(=O)C2CCCCO2)C1. The second kappa shape index (κ2) is 4.30. The van der Waals surface area contributed by atoms with Gasteiger partial charge in [0.1, 0.15) is 6.10 Å². The summed E-state index contributed by atoms with van der Waals surface area (Å²) >= 11 is 0. The van der Waals surface area contributed by atoms with Crippen molar-refractivity contribution in [2.45, 2.75) is 38.7 Å². The average molecular weight is 197 g/mol. The Morgan fingerprint density at radius 3 is 2.79 bits per heavy atom. The largest absolute Gasteiger partial charge is 0.368 e. The second-order valence-electron chi connectivity index (χ2n) is 4.53. The van der Waals surface area contributed by atoms with Crippen molar-refractivity contribution in [1.29, 1.82) is 0 Å². The molecule has 0 aromatic heterocycles. The molecule has 1 amide bonds. The summed E-state index contributed by atoms with van der Waals surface area (Å²) in [7, 11) is 0. The first kappa shape index (κ1) is 9.97. The van der Waals surface area contributed by atoms with E-state index in [9.17, 15) is 4.79 Å². The lowest BCUT2D eigenvalue weighted by molar-refractivity contribution is -0.145. The third-order valence-corrected chi connectivity index (χ3v) is 3.19. The Morgan fingerprint density at radius 1 is 1.36 bits per heavy atom. The molecule has 2 heterocycles. The maximum absolute atomic E-state index is 11.9. The van der Waals surface area contributed by atoms with Crippen LogP contribution in [0.1, 0.15) is 32.6 Å². The minimum atomic E-state index is -0.131. The minimum absolute atomic E-state index is 0.131. The first-order valence-corrected chi connectivity index (χ1v) is 5.68. The summed E-state index contributed by atoms with van der Waals surface area (Å²) in [5.74, 6) is 0.900. The highest BCUT2D eigenvalue weighted by Crippen LogP contribution is 2.20. The first-order valence-electron chi connectivity index (χ1n) is 5.68. The topological polar surface area (TPSA) is 29.5 Å². The molecule has 14 heavy (non-hydrogen) atoms. The smallest absolute Gasteiger partial charge is 0.251 e. The molecule has 2 atom stereocenters. The van der Waals surface area contributed by atoms with Gasteiger partial charge in [0.25, 0.3) is 5.91 Å². The molecule has 0 spiro atoms. The Labute approximate surface area is 85.4 Å². The quantitative estimate of drug-likeness (QED) is 0.636. The molecule has 0 aliphatic carbocycles. The normalized spacial score (nSPS) is 33.4. The Hall–Kier alpha value is -0.570. The van der Waals surface area contributed by atoms with Crippen LogP contribution in [0.2, 0.25) is 0 Å². The lowest BCUT2D eigenvalue weighted by atomic mass is 10.1. The highest BCUT2D eigenvalue weighted by atomic mass is 16.5. The van der Waals surface area contributed by atoms with Crippen LogP contribution < -0.4 is 0 Å². The van der Waals surface area contributed by atoms with Crippen molar-refractivity contribution < 1.29 is 9.53 Å². The fraction of sp³-hybridized carbons (Fsp3) is 0.909. The first-order chi connectivity index (χ1) is 6.77. The molecule has 0 bridgehead atoms. The molecule has 80 valence electrons. The van der Waals surface area contributed by atoms with E-state index in [0.29, 0.717) is 5.92 Å². The van der Waals surface area contributed by atoms with Gasteiger partial charge in [0.05, 0.1) is 0 Å². The van der Waals surface area contributed by atoms with E-state index >= 15 is 0 Å². The van der Waals surface area contributed by atoms with E-state index in [4.69, 9.17) is 4.74 Å². The Kier molecular flexibility index (Phi) is 3.06.